The van der Waals surface area contributed by atoms with Crippen molar-refractivity contribution >= 4 is 21.4 Å². The number of ether oxygens (including phenoxy) is 1. The number of aliphatic hydroxyl groups is 1. The molecule has 0 bridgehead atoms. The molecule has 2 aromatic rings. The summed E-state index contributed by atoms with van der Waals surface area (Å²) in [5, 5.41) is 10.1. The van der Waals surface area contributed by atoms with E-state index in [1.807, 2.05) is 0 Å². The van der Waals surface area contributed by atoms with Gasteiger partial charge in [-0.1, -0.05) is 11.6 Å². The molecule has 1 aliphatic rings. The first kappa shape index (κ1) is 18.9. The quantitative estimate of drug-likeness (QED) is 0.754. The largest absolute Gasteiger partial charge is 0.501 e. The van der Waals surface area contributed by atoms with Crippen LogP contribution in [0.3, 0.4) is 0 Å². The van der Waals surface area contributed by atoms with Crippen molar-refractivity contribution in [3.63, 3.8) is 0 Å². The first-order valence-electron chi connectivity index (χ1n) is 7.30. The minimum Gasteiger partial charge on any atom is -0.457 e. The zero-order valence-electron chi connectivity index (χ0n) is 12.8. The number of sulfone groups is 1. The van der Waals surface area contributed by atoms with Crippen LogP contribution in [0.2, 0.25) is 5.02 Å². The van der Waals surface area contributed by atoms with E-state index in [4.69, 9.17) is 16.3 Å². The van der Waals surface area contributed by atoms with Gasteiger partial charge >= 0.3 is 5.51 Å². The van der Waals surface area contributed by atoms with Crippen LogP contribution in [0.4, 0.5) is 17.6 Å². The molecule has 140 valence electrons. The monoisotopic (exact) mass is 410 g/mol. The highest BCUT2D eigenvalue weighted by Crippen LogP contribution is 2.45. The lowest BCUT2D eigenvalue weighted by atomic mass is 10.1. The second-order valence-electron chi connectivity index (χ2n) is 5.66. The van der Waals surface area contributed by atoms with E-state index in [2.05, 4.69) is 0 Å². The molecular weight excluding hydrogens is 400 g/mol. The first-order valence-corrected chi connectivity index (χ1v) is 9.16. The van der Waals surface area contributed by atoms with Gasteiger partial charge in [0, 0.05) is 22.2 Å². The van der Waals surface area contributed by atoms with E-state index < -0.39 is 32.2 Å². The van der Waals surface area contributed by atoms with E-state index in [-0.39, 0.29) is 40.5 Å². The third kappa shape index (κ3) is 3.26. The van der Waals surface area contributed by atoms with Gasteiger partial charge < -0.3 is 9.84 Å². The molecule has 0 saturated carbocycles. The molecular formula is C16H11ClF4O4S. The number of benzene rings is 2. The average Bonchev–Trinajstić information content (AvgIpc) is 2.88. The van der Waals surface area contributed by atoms with Gasteiger partial charge in [-0.05, 0) is 37.1 Å². The third-order valence-electron chi connectivity index (χ3n) is 3.93. The Morgan fingerprint density at radius 3 is 2.50 bits per heavy atom. The van der Waals surface area contributed by atoms with Gasteiger partial charge in [0.1, 0.15) is 17.3 Å². The normalized spacial score (nSPS) is 17.2. The molecule has 0 aromatic heterocycles. The van der Waals surface area contributed by atoms with E-state index in [0.29, 0.717) is 0 Å². The summed E-state index contributed by atoms with van der Waals surface area (Å²) in [5.74, 6) is -0.662. The van der Waals surface area contributed by atoms with Crippen molar-refractivity contribution in [3.05, 3.63) is 52.3 Å². The molecule has 1 N–H and O–H groups in total. The summed E-state index contributed by atoms with van der Waals surface area (Å²) in [6.45, 7) is 0. The van der Waals surface area contributed by atoms with E-state index >= 15 is 0 Å². The van der Waals surface area contributed by atoms with Gasteiger partial charge in [-0.2, -0.15) is 13.2 Å². The lowest BCUT2D eigenvalue weighted by Crippen LogP contribution is -2.24. The van der Waals surface area contributed by atoms with Crippen LogP contribution in [-0.4, -0.2) is 19.0 Å². The smallest absolute Gasteiger partial charge is 0.457 e. The Kier molecular flexibility index (Phi) is 4.66. The first-order chi connectivity index (χ1) is 12.0. The second-order valence-corrected chi connectivity index (χ2v) is 8.01. The van der Waals surface area contributed by atoms with Gasteiger partial charge in [-0.3, -0.25) is 0 Å². The van der Waals surface area contributed by atoms with Crippen LogP contribution in [0.25, 0.3) is 0 Å². The molecule has 0 fully saturated rings. The summed E-state index contributed by atoms with van der Waals surface area (Å²) >= 11 is 5.73. The molecule has 0 spiro atoms. The molecule has 2 aromatic carbocycles. The molecule has 10 heteroatoms. The molecule has 0 saturated heterocycles. The fourth-order valence-corrected chi connectivity index (χ4v) is 4.10. The number of alkyl halides is 3. The van der Waals surface area contributed by atoms with E-state index in [9.17, 15) is 31.1 Å². The van der Waals surface area contributed by atoms with Gasteiger partial charge in [-0.25, -0.2) is 12.8 Å². The van der Waals surface area contributed by atoms with Crippen LogP contribution >= 0.6 is 11.6 Å². The van der Waals surface area contributed by atoms with Crippen molar-refractivity contribution in [2.45, 2.75) is 29.3 Å². The van der Waals surface area contributed by atoms with Crippen molar-refractivity contribution in [3.8, 4) is 11.5 Å². The molecule has 1 atom stereocenters. The summed E-state index contributed by atoms with van der Waals surface area (Å²) in [6.07, 6.45) is -1.23. The third-order valence-corrected chi connectivity index (χ3v) is 5.70. The Hall–Kier alpha value is -1.84. The SMILES string of the molecule is O=S(=O)(c1ccc(Oc2cc(F)cc(Cl)c2)c2c1[C@H](O)CC2)C(F)(F)F. The summed E-state index contributed by atoms with van der Waals surface area (Å²) in [4.78, 5) is -1.00. The molecule has 4 nitrogen and oxygen atoms in total. The van der Waals surface area contributed by atoms with Crippen molar-refractivity contribution in [2.75, 3.05) is 0 Å². The maximum absolute atomic E-state index is 13.4. The number of aliphatic hydroxyl groups excluding tert-OH is 1. The molecule has 0 radical (unpaired) electrons. The van der Waals surface area contributed by atoms with Crippen LogP contribution in [0.5, 0.6) is 11.5 Å². The summed E-state index contributed by atoms with van der Waals surface area (Å²) in [6, 6.07) is 5.13. The Morgan fingerprint density at radius 1 is 1.19 bits per heavy atom. The zero-order valence-corrected chi connectivity index (χ0v) is 14.4. The predicted octanol–water partition coefficient (Wildman–Crippen LogP) is 4.54. The Morgan fingerprint density at radius 2 is 1.88 bits per heavy atom. The van der Waals surface area contributed by atoms with Gasteiger partial charge in [-0.15, -0.1) is 0 Å². The van der Waals surface area contributed by atoms with E-state index in [1.165, 1.54) is 6.07 Å². The maximum Gasteiger partial charge on any atom is 0.501 e. The summed E-state index contributed by atoms with van der Waals surface area (Å²) in [7, 11) is -5.63. The highest BCUT2D eigenvalue weighted by molar-refractivity contribution is 7.92. The number of hydrogen-bond acceptors (Lipinski definition) is 4. The Balaban J connectivity index is 2.11. The topological polar surface area (TPSA) is 63.6 Å². The fourth-order valence-electron chi connectivity index (χ4n) is 2.84. The molecule has 0 aliphatic heterocycles. The van der Waals surface area contributed by atoms with E-state index in [1.54, 1.807) is 0 Å². The number of rotatable bonds is 3. The molecule has 26 heavy (non-hydrogen) atoms. The van der Waals surface area contributed by atoms with Gasteiger partial charge in [0.25, 0.3) is 9.84 Å². The number of halogens is 5. The highest BCUT2D eigenvalue weighted by atomic mass is 35.5. The van der Waals surface area contributed by atoms with Crippen LogP contribution in [-0.2, 0) is 16.3 Å². The highest BCUT2D eigenvalue weighted by Gasteiger charge is 2.49. The molecule has 0 unspecified atom stereocenters. The van der Waals surface area contributed by atoms with Crippen LogP contribution in [0.1, 0.15) is 23.7 Å². The Bertz CT molecular complexity index is 953. The average molecular weight is 411 g/mol. The van der Waals surface area contributed by atoms with Crippen LogP contribution in [0, 0.1) is 5.82 Å². The minimum absolute atomic E-state index is 0.00924. The second kappa shape index (κ2) is 6.40. The Labute approximate surface area is 150 Å². The molecule has 0 amide bonds. The zero-order chi connectivity index (χ0) is 19.3. The predicted molar refractivity (Wildman–Crippen MR) is 84.4 cm³/mol. The van der Waals surface area contributed by atoms with E-state index in [0.717, 1.165) is 24.3 Å². The summed E-state index contributed by atoms with van der Waals surface area (Å²) in [5.41, 5.74) is -5.72. The lowest BCUT2D eigenvalue weighted by molar-refractivity contribution is -0.0437. The van der Waals surface area contributed by atoms with Crippen molar-refractivity contribution in [1.82, 2.24) is 0 Å². The molecule has 0 heterocycles. The van der Waals surface area contributed by atoms with Crippen LogP contribution < -0.4 is 4.74 Å². The van der Waals surface area contributed by atoms with Crippen molar-refractivity contribution < 1.29 is 35.8 Å². The number of fused-ring (bicyclic) bond motifs is 1. The van der Waals surface area contributed by atoms with Crippen LogP contribution in [0.15, 0.2) is 35.2 Å². The van der Waals surface area contributed by atoms with Gasteiger partial charge in [0.2, 0.25) is 0 Å². The summed E-state index contributed by atoms with van der Waals surface area (Å²) < 4.78 is 81.1. The maximum atomic E-state index is 13.4. The number of hydrogen-bond donors (Lipinski definition) is 1. The fraction of sp³-hybridized carbons (Fsp3) is 0.250. The standard InChI is InChI=1S/C16H11ClF4O4S/c17-8-5-9(18)7-10(6-8)25-13-3-4-14(26(23,24)16(19,20)21)15-11(13)1-2-12(15)22/h3-7,12,22H,1-2H2/t12-/m1/s1. The van der Waals surface area contributed by atoms with Crippen molar-refractivity contribution in [1.29, 1.82) is 0 Å². The molecule has 3 rings (SSSR count). The van der Waals surface area contributed by atoms with Gasteiger partial charge in [0.15, 0.2) is 0 Å². The van der Waals surface area contributed by atoms with Crippen molar-refractivity contribution in [2.24, 2.45) is 0 Å². The minimum atomic E-state index is -5.63. The molecule has 1 aliphatic carbocycles. The van der Waals surface area contributed by atoms with Gasteiger partial charge in [0.05, 0.1) is 11.0 Å². The lowest BCUT2D eigenvalue weighted by Gasteiger charge is -2.17.